The van der Waals surface area contributed by atoms with Gasteiger partial charge in [0.25, 0.3) is 0 Å². The fourth-order valence-electron chi connectivity index (χ4n) is 0. The number of halogens is 1. The van der Waals surface area contributed by atoms with E-state index in [0.29, 0.717) is 0 Å². The summed E-state index contributed by atoms with van der Waals surface area (Å²) in [5, 5.41) is 8.47. The molecular weight excluding hydrogens is 330 g/mol. The first-order valence-corrected chi connectivity index (χ1v) is 3.63. The summed E-state index contributed by atoms with van der Waals surface area (Å²) in [6.45, 7) is 0. The quantitative estimate of drug-likeness (QED) is 0.286. The van der Waals surface area contributed by atoms with Crippen molar-refractivity contribution in [1.82, 2.24) is 0 Å². The van der Waals surface area contributed by atoms with Gasteiger partial charge in [-0.3, -0.25) is 0 Å². The second-order valence-corrected chi connectivity index (χ2v) is 0.274. The van der Waals surface area contributed by atoms with E-state index in [1.807, 2.05) is 0 Å². The minimum atomic E-state index is 0. The fraction of sp³-hybridized carbons (Fsp3) is 0. The molecule has 0 spiro atoms. The Kier molecular flexibility index (Phi) is 69.1. The molecule has 0 unspecified atom stereocenters. The van der Waals surface area contributed by atoms with Crippen molar-refractivity contribution in [2.24, 2.45) is 0 Å². The number of hydrogen-bond acceptors (Lipinski definition) is 2. The van der Waals surface area contributed by atoms with Gasteiger partial charge in [-0.1, -0.05) is 5.40 Å². The van der Waals surface area contributed by atoms with Gasteiger partial charge < -0.3 is 14.1 Å². The standard InChI is InChI=1S/CHNS.Au.ClH.K.H/c2-1-3;;;;/h3H;;1H;;/q;+1;;+1;-1/p-2. The number of hydrogen-bond donors (Lipinski definition) is 0. The molecule has 0 heterocycles. The van der Waals surface area contributed by atoms with Crippen LogP contribution >= 0.6 is 9.19 Å². The van der Waals surface area contributed by atoms with Gasteiger partial charge in [-0.15, -0.1) is 0 Å². The zero-order valence-electron chi connectivity index (χ0n) is 4.03. The molecule has 0 saturated heterocycles. The number of rotatable bonds is 0. The largest absolute Gasteiger partial charge is 1.00 e. The Hall–Kier alpha value is 2.38. The molecule has 0 aliphatic rings. The molecular formula is CHAuClKNS-. The Balaban J connectivity index is -0.0000000105. The third kappa shape index (κ3) is 32.6. The Bertz CT molecular complexity index is 41.2. The first-order chi connectivity index (χ1) is 2.41. The van der Waals surface area contributed by atoms with E-state index >= 15 is 0 Å². The number of nitrogens with zero attached hydrogens (tertiary/aromatic N) is 1. The molecule has 0 amide bonds. The van der Waals surface area contributed by atoms with Crippen molar-refractivity contribution in [1.29, 1.82) is 5.26 Å². The van der Waals surface area contributed by atoms with Gasteiger partial charge in [0, 0.05) is 0 Å². The molecule has 5 heteroatoms. The molecule has 0 aliphatic carbocycles. The van der Waals surface area contributed by atoms with E-state index in [4.69, 9.17) is 5.26 Å². The molecule has 0 aliphatic heterocycles. The van der Waals surface area contributed by atoms with E-state index in [-0.39, 0.29) is 52.8 Å². The molecule has 1 nitrogen and oxygen atoms in total. The van der Waals surface area contributed by atoms with E-state index in [0.717, 1.165) is 0 Å². The topological polar surface area (TPSA) is 23.8 Å². The van der Waals surface area contributed by atoms with Crippen molar-refractivity contribution in [2.45, 2.75) is 0 Å². The van der Waals surface area contributed by atoms with Gasteiger partial charge in [-0.2, -0.15) is 0 Å². The predicted octanol–water partition coefficient (Wildman–Crippen LogP) is -2.18. The van der Waals surface area contributed by atoms with Crippen LogP contribution in [-0.2, 0) is 32.6 Å². The van der Waals surface area contributed by atoms with Crippen molar-refractivity contribution < 1.29 is 72.8 Å². The van der Waals surface area contributed by atoms with Gasteiger partial charge in [0.05, 0.1) is 0 Å². The third-order valence-corrected chi connectivity index (χ3v) is 0. The van der Waals surface area contributed by atoms with Crippen LogP contribution in [0.5, 0.6) is 0 Å². The van der Waals surface area contributed by atoms with E-state index in [1.165, 1.54) is 5.40 Å². The minimum absolute atomic E-state index is 0. The average molecular weight is 331 g/mol. The molecule has 0 fully saturated rings. The maximum Gasteiger partial charge on any atom is 1.00 e. The summed E-state index contributed by atoms with van der Waals surface area (Å²) in [6, 6.07) is 0. The van der Waals surface area contributed by atoms with Crippen molar-refractivity contribution in [3.8, 4) is 5.40 Å². The van der Waals surface area contributed by atoms with Crippen LogP contribution in [0.2, 0.25) is 0 Å². The Morgan fingerprint density at radius 3 is 1.83 bits per heavy atom. The van der Waals surface area contributed by atoms with Crippen LogP contribution in [-0.4, -0.2) is 0 Å². The summed E-state index contributed by atoms with van der Waals surface area (Å²) < 4.78 is 0. The Labute approximate surface area is 103 Å². The number of nitriles is 1. The Morgan fingerprint density at radius 2 is 1.83 bits per heavy atom. The van der Waals surface area contributed by atoms with Crippen LogP contribution in [0, 0.1) is 10.7 Å². The molecule has 0 aromatic carbocycles. The fourth-order valence-corrected chi connectivity index (χ4v) is 0. The zero-order valence-corrected chi connectivity index (χ0v) is 9.90. The normalized spacial score (nSPS) is 2.33. The van der Waals surface area contributed by atoms with Crippen molar-refractivity contribution in [3.05, 3.63) is 0 Å². The average Bonchev–Trinajstić information content (AvgIpc) is 1.46. The number of thiocyanates is 1. The van der Waals surface area contributed by atoms with E-state index in [9.17, 15) is 0 Å². The second kappa shape index (κ2) is 26.3. The molecule has 0 aromatic heterocycles. The summed E-state index contributed by atoms with van der Waals surface area (Å²) >= 11 is 5.45. The van der Waals surface area contributed by atoms with Gasteiger partial charge in [0.2, 0.25) is 0 Å². The molecule has 0 rings (SSSR count). The van der Waals surface area contributed by atoms with Crippen LogP contribution in [0.25, 0.3) is 0 Å². The molecule has 0 atom stereocenters. The summed E-state index contributed by atoms with van der Waals surface area (Å²) in [5.41, 5.74) is 0. The summed E-state index contributed by atoms with van der Waals surface area (Å²) in [6.07, 6.45) is 0. The minimum Gasteiger partial charge on any atom is -1.00 e. The van der Waals surface area contributed by atoms with Crippen LogP contribution in [0.1, 0.15) is 1.43 Å². The van der Waals surface area contributed by atoms with Gasteiger partial charge in [0.15, 0.2) is 0 Å². The molecule has 0 bridgehead atoms. The SMILES string of the molecule is N#C[S-].[Cl][Au].[H-].[K+]. The van der Waals surface area contributed by atoms with Gasteiger partial charge in [0.1, 0.15) is 0 Å². The Morgan fingerprint density at radius 1 is 1.83 bits per heavy atom. The van der Waals surface area contributed by atoms with Crippen LogP contribution in [0.3, 0.4) is 0 Å². The molecule has 0 radical (unpaired) electrons. The monoisotopic (exact) mass is 330 g/mol. The molecule has 36 valence electrons. The first-order valence-electron chi connectivity index (χ1n) is 0.542. The van der Waals surface area contributed by atoms with Gasteiger partial charge in [-0.25, -0.2) is 5.26 Å². The van der Waals surface area contributed by atoms with Crippen LogP contribution < -0.4 is 51.4 Å². The van der Waals surface area contributed by atoms with E-state index in [1.54, 1.807) is 20.0 Å². The van der Waals surface area contributed by atoms with Crippen LogP contribution in [0.4, 0.5) is 0 Å². The molecule has 6 heavy (non-hydrogen) atoms. The van der Waals surface area contributed by atoms with Gasteiger partial charge >= 0.3 is 80.6 Å². The third-order valence-electron chi connectivity index (χ3n) is 0. The molecule has 0 saturated carbocycles. The summed E-state index contributed by atoms with van der Waals surface area (Å²) in [5.74, 6) is 0. The second-order valence-electron chi connectivity index (χ2n) is 0.0913. The molecule has 0 N–H and O–H groups in total. The van der Waals surface area contributed by atoms with Crippen molar-refractivity contribution in [2.75, 3.05) is 0 Å². The predicted molar refractivity (Wildman–Crippen MR) is 19.9 cm³/mol. The first kappa shape index (κ1) is 15.8. The summed E-state index contributed by atoms with van der Waals surface area (Å²) in [7, 11) is 4.58. The van der Waals surface area contributed by atoms with Crippen molar-refractivity contribution in [3.63, 3.8) is 0 Å². The maximum atomic E-state index is 7.13. The molecule has 0 aromatic rings. The van der Waals surface area contributed by atoms with E-state index < -0.39 is 0 Å². The maximum absolute atomic E-state index is 7.13. The zero-order chi connectivity index (χ0) is 4.71. The summed E-state index contributed by atoms with van der Waals surface area (Å²) in [4.78, 5) is 0. The smallest absolute Gasteiger partial charge is 1.00 e. The van der Waals surface area contributed by atoms with Crippen molar-refractivity contribution >= 4 is 21.8 Å². The van der Waals surface area contributed by atoms with Crippen LogP contribution in [0.15, 0.2) is 0 Å². The van der Waals surface area contributed by atoms with Gasteiger partial charge in [-0.05, 0) is 0 Å². The van der Waals surface area contributed by atoms with E-state index in [2.05, 4.69) is 21.8 Å².